The minimum atomic E-state index is -0.334. The largest absolute Gasteiger partial charge is 0.389 e. The molecular formula is C5H9BrO. The van der Waals surface area contributed by atoms with Crippen LogP contribution in [0.1, 0.15) is 6.42 Å². The molecule has 2 heteroatoms. The second-order valence-corrected chi connectivity index (χ2v) is 2.07. The van der Waals surface area contributed by atoms with E-state index >= 15 is 0 Å². The Labute approximate surface area is 52.2 Å². The third-order valence-electron chi connectivity index (χ3n) is 0.677. The first-order valence-corrected chi connectivity index (χ1v) is 3.30. The zero-order valence-electron chi connectivity index (χ0n) is 4.10. The first kappa shape index (κ1) is 7.18. The molecule has 0 aromatic rings. The van der Waals surface area contributed by atoms with Crippen LogP contribution in [0.25, 0.3) is 0 Å². The van der Waals surface area contributed by atoms with Crippen LogP contribution in [-0.2, 0) is 0 Å². The van der Waals surface area contributed by atoms with Crippen molar-refractivity contribution in [2.24, 2.45) is 0 Å². The Balaban J connectivity index is 2.98. The minimum absolute atomic E-state index is 0.334. The summed E-state index contributed by atoms with van der Waals surface area (Å²) < 4.78 is 0. The molecule has 1 atom stereocenters. The normalized spacial score (nSPS) is 13.4. The molecule has 7 heavy (non-hydrogen) atoms. The summed E-state index contributed by atoms with van der Waals surface area (Å²) in [5, 5.41) is 9.54. The maximum absolute atomic E-state index is 8.71. The maximum Gasteiger partial charge on any atom is 0.0726 e. The van der Waals surface area contributed by atoms with Gasteiger partial charge < -0.3 is 5.11 Å². The molecular weight excluding hydrogens is 156 g/mol. The van der Waals surface area contributed by atoms with Crippen LogP contribution in [0.15, 0.2) is 12.7 Å². The van der Waals surface area contributed by atoms with Gasteiger partial charge in [-0.3, -0.25) is 0 Å². The predicted molar refractivity (Wildman–Crippen MR) is 34.6 cm³/mol. The molecule has 0 spiro atoms. The lowest BCUT2D eigenvalue weighted by atomic mass is 10.3. The molecule has 1 nitrogen and oxygen atoms in total. The molecule has 0 aromatic heterocycles. The number of rotatable bonds is 3. The van der Waals surface area contributed by atoms with Gasteiger partial charge in [-0.2, -0.15) is 0 Å². The molecule has 0 aromatic carbocycles. The lowest BCUT2D eigenvalue weighted by Crippen LogP contribution is -2.00. The van der Waals surface area contributed by atoms with Crippen molar-refractivity contribution in [2.75, 3.05) is 5.33 Å². The number of hydrogen-bond donors (Lipinski definition) is 1. The summed E-state index contributed by atoms with van der Waals surface area (Å²) >= 11 is 3.18. The summed E-state index contributed by atoms with van der Waals surface area (Å²) in [5.74, 6) is 0. The number of hydrogen-bond acceptors (Lipinski definition) is 1. The van der Waals surface area contributed by atoms with Crippen molar-refractivity contribution >= 4 is 15.9 Å². The summed E-state index contributed by atoms with van der Waals surface area (Å²) in [5.41, 5.74) is 0. The molecule has 0 aliphatic carbocycles. The van der Waals surface area contributed by atoms with E-state index in [0.717, 1.165) is 11.8 Å². The fourth-order valence-corrected chi connectivity index (χ4v) is 0.699. The van der Waals surface area contributed by atoms with Gasteiger partial charge in [0.15, 0.2) is 0 Å². The first-order chi connectivity index (χ1) is 3.31. The van der Waals surface area contributed by atoms with Gasteiger partial charge in [-0.1, -0.05) is 22.0 Å². The van der Waals surface area contributed by atoms with Crippen molar-refractivity contribution < 1.29 is 5.11 Å². The number of aliphatic hydroxyl groups excluding tert-OH is 1. The second-order valence-electron chi connectivity index (χ2n) is 1.28. The Hall–Kier alpha value is 0.180. The molecule has 0 aliphatic heterocycles. The Morgan fingerprint density at radius 1 is 1.86 bits per heavy atom. The summed E-state index contributed by atoms with van der Waals surface area (Å²) in [7, 11) is 0. The zero-order valence-corrected chi connectivity index (χ0v) is 5.69. The molecule has 0 aliphatic rings. The summed E-state index contributed by atoms with van der Waals surface area (Å²) in [6.07, 6.45) is 1.95. The SMILES string of the molecule is C=CC(O)CCBr. The van der Waals surface area contributed by atoms with Crippen LogP contribution in [0.4, 0.5) is 0 Å². The predicted octanol–water partition coefficient (Wildman–Crippen LogP) is 1.32. The van der Waals surface area contributed by atoms with Crippen LogP contribution in [0.5, 0.6) is 0 Å². The highest BCUT2D eigenvalue weighted by Crippen LogP contribution is 1.94. The topological polar surface area (TPSA) is 20.2 Å². The van der Waals surface area contributed by atoms with Crippen molar-refractivity contribution in [2.45, 2.75) is 12.5 Å². The summed E-state index contributed by atoms with van der Waals surface area (Å²) in [6, 6.07) is 0. The molecule has 0 amide bonds. The number of aliphatic hydroxyl groups is 1. The van der Waals surface area contributed by atoms with Crippen molar-refractivity contribution in [3.8, 4) is 0 Å². The molecule has 0 rings (SSSR count). The van der Waals surface area contributed by atoms with Gasteiger partial charge in [0, 0.05) is 5.33 Å². The third-order valence-corrected chi connectivity index (χ3v) is 1.13. The third kappa shape index (κ3) is 4.02. The molecule has 0 radical (unpaired) electrons. The Morgan fingerprint density at radius 3 is 2.57 bits per heavy atom. The van der Waals surface area contributed by atoms with E-state index in [0.29, 0.717) is 0 Å². The first-order valence-electron chi connectivity index (χ1n) is 2.18. The van der Waals surface area contributed by atoms with Gasteiger partial charge in [0.05, 0.1) is 6.10 Å². The molecule has 0 heterocycles. The van der Waals surface area contributed by atoms with E-state index in [1.165, 1.54) is 6.08 Å². The zero-order chi connectivity index (χ0) is 5.70. The van der Waals surface area contributed by atoms with Crippen molar-refractivity contribution in [3.63, 3.8) is 0 Å². The summed E-state index contributed by atoms with van der Waals surface area (Å²) in [6.45, 7) is 3.41. The highest BCUT2D eigenvalue weighted by Gasteiger charge is 1.91. The average Bonchev–Trinajstić information content (AvgIpc) is 1.68. The maximum atomic E-state index is 8.71. The highest BCUT2D eigenvalue weighted by atomic mass is 79.9. The van der Waals surface area contributed by atoms with Crippen LogP contribution in [-0.4, -0.2) is 16.5 Å². The van der Waals surface area contributed by atoms with E-state index in [4.69, 9.17) is 5.11 Å². The smallest absolute Gasteiger partial charge is 0.0726 e. The minimum Gasteiger partial charge on any atom is -0.389 e. The van der Waals surface area contributed by atoms with Crippen LogP contribution < -0.4 is 0 Å². The second kappa shape index (κ2) is 4.34. The van der Waals surface area contributed by atoms with Crippen LogP contribution in [0.3, 0.4) is 0 Å². The quantitative estimate of drug-likeness (QED) is 0.493. The standard InChI is InChI=1S/C5H9BrO/c1-2-5(7)3-4-6/h2,5,7H,1,3-4H2. The van der Waals surface area contributed by atoms with E-state index < -0.39 is 0 Å². The van der Waals surface area contributed by atoms with Crippen molar-refractivity contribution in [3.05, 3.63) is 12.7 Å². The monoisotopic (exact) mass is 164 g/mol. The van der Waals surface area contributed by atoms with E-state index in [9.17, 15) is 0 Å². The molecule has 1 N–H and O–H groups in total. The molecule has 0 bridgehead atoms. The van der Waals surface area contributed by atoms with Crippen LogP contribution in [0, 0.1) is 0 Å². The molecule has 42 valence electrons. The Bertz CT molecular complexity index is 54.0. The molecule has 0 saturated heterocycles. The lowest BCUT2D eigenvalue weighted by Gasteiger charge is -1.97. The van der Waals surface area contributed by atoms with Gasteiger partial charge in [-0.15, -0.1) is 6.58 Å². The summed E-state index contributed by atoms with van der Waals surface area (Å²) in [4.78, 5) is 0. The van der Waals surface area contributed by atoms with Crippen LogP contribution >= 0.6 is 15.9 Å². The van der Waals surface area contributed by atoms with Gasteiger partial charge in [0.2, 0.25) is 0 Å². The van der Waals surface area contributed by atoms with Crippen molar-refractivity contribution in [1.82, 2.24) is 0 Å². The van der Waals surface area contributed by atoms with Crippen LogP contribution in [0.2, 0.25) is 0 Å². The number of alkyl halides is 1. The van der Waals surface area contributed by atoms with Gasteiger partial charge in [0.25, 0.3) is 0 Å². The lowest BCUT2D eigenvalue weighted by molar-refractivity contribution is 0.221. The van der Waals surface area contributed by atoms with E-state index in [1.54, 1.807) is 0 Å². The van der Waals surface area contributed by atoms with E-state index in [2.05, 4.69) is 22.5 Å². The molecule has 0 fully saturated rings. The van der Waals surface area contributed by atoms with Gasteiger partial charge in [-0.05, 0) is 6.42 Å². The van der Waals surface area contributed by atoms with Gasteiger partial charge in [0.1, 0.15) is 0 Å². The van der Waals surface area contributed by atoms with Crippen molar-refractivity contribution in [1.29, 1.82) is 0 Å². The van der Waals surface area contributed by atoms with E-state index in [1.807, 2.05) is 0 Å². The van der Waals surface area contributed by atoms with Gasteiger partial charge >= 0.3 is 0 Å². The van der Waals surface area contributed by atoms with Gasteiger partial charge in [-0.25, -0.2) is 0 Å². The Kier molecular flexibility index (Phi) is 4.45. The molecule has 0 saturated carbocycles. The van der Waals surface area contributed by atoms with E-state index in [-0.39, 0.29) is 6.10 Å². The fraction of sp³-hybridized carbons (Fsp3) is 0.600. The number of halogens is 1. The Morgan fingerprint density at radius 2 is 2.43 bits per heavy atom. The molecule has 1 unspecified atom stereocenters. The fourth-order valence-electron chi connectivity index (χ4n) is 0.230. The average molecular weight is 165 g/mol. The highest BCUT2D eigenvalue weighted by molar-refractivity contribution is 9.09.